The Hall–Kier alpha value is -1.16. The van der Waals surface area contributed by atoms with Crippen molar-refractivity contribution in [1.29, 1.82) is 0 Å². The number of hydrogen-bond donors (Lipinski definition) is 0. The molecule has 0 bridgehead atoms. The highest BCUT2D eigenvalue weighted by molar-refractivity contribution is 7.14. The number of carbonyl (C=O) groups is 2. The minimum absolute atomic E-state index is 0.0792. The number of aryl methyl sites for hydroxylation is 1. The molecule has 3 nitrogen and oxygen atoms in total. The first kappa shape index (κ1) is 17.9. The molecule has 0 saturated carbocycles. The fourth-order valence-corrected chi connectivity index (χ4v) is 3.08. The van der Waals surface area contributed by atoms with E-state index in [-0.39, 0.29) is 11.7 Å². The third-order valence-corrected chi connectivity index (χ3v) is 4.15. The van der Waals surface area contributed by atoms with Crippen LogP contribution in [0.1, 0.15) is 55.1 Å². The molecule has 1 rings (SSSR count). The van der Waals surface area contributed by atoms with Crippen LogP contribution in [0.3, 0.4) is 0 Å². The van der Waals surface area contributed by atoms with Gasteiger partial charge in [-0.3, -0.25) is 9.59 Å². The lowest BCUT2D eigenvalue weighted by Gasteiger charge is -2.26. The van der Waals surface area contributed by atoms with Crippen molar-refractivity contribution in [3.05, 3.63) is 21.9 Å². The van der Waals surface area contributed by atoms with Gasteiger partial charge in [-0.05, 0) is 30.9 Å². The summed E-state index contributed by atoms with van der Waals surface area (Å²) in [5.74, 6) is 1.07. The molecule has 1 aromatic heterocycles. The summed E-state index contributed by atoms with van der Waals surface area (Å²) in [6, 6.07) is 3.80. The normalized spacial score (nSPS) is 11.2. The van der Waals surface area contributed by atoms with E-state index in [4.69, 9.17) is 0 Å². The number of thiophene rings is 1. The fraction of sp³-hybridized carbons (Fsp3) is 0.647. The van der Waals surface area contributed by atoms with E-state index in [2.05, 4.69) is 27.7 Å². The smallest absolute Gasteiger partial charge is 0.223 e. The van der Waals surface area contributed by atoms with Gasteiger partial charge in [-0.15, -0.1) is 11.3 Å². The summed E-state index contributed by atoms with van der Waals surface area (Å²) in [6.07, 6.45) is 0.626. The zero-order valence-corrected chi connectivity index (χ0v) is 14.6. The number of rotatable bonds is 8. The van der Waals surface area contributed by atoms with Gasteiger partial charge >= 0.3 is 0 Å². The molecule has 4 heteroatoms. The van der Waals surface area contributed by atoms with E-state index in [9.17, 15) is 9.59 Å². The summed E-state index contributed by atoms with van der Waals surface area (Å²) in [4.78, 5) is 28.2. The molecule has 1 heterocycles. The Labute approximate surface area is 132 Å². The number of nitrogens with zero attached hydrogens (tertiary/aromatic N) is 1. The third kappa shape index (κ3) is 6.42. The van der Waals surface area contributed by atoms with Crippen LogP contribution in [-0.2, 0) is 4.79 Å². The molecule has 0 unspecified atom stereocenters. The summed E-state index contributed by atoms with van der Waals surface area (Å²) >= 11 is 1.50. The summed E-state index contributed by atoms with van der Waals surface area (Å²) in [6.45, 7) is 12.0. The van der Waals surface area contributed by atoms with Crippen molar-refractivity contribution >= 4 is 23.0 Å². The predicted molar refractivity (Wildman–Crippen MR) is 88.9 cm³/mol. The maximum Gasteiger partial charge on any atom is 0.223 e. The SMILES string of the molecule is Cc1ccc(C(=O)CCC(=O)N(CC(C)C)CC(C)C)s1. The molecule has 0 aliphatic rings. The molecular formula is C17H27NO2S. The van der Waals surface area contributed by atoms with E-state index in [1.165, 1.54) is 11.3 Å². The number of amides is 1. The van der Waals surface area contributed by atoms with Gasteiger partial charge in [-0.25, -0.2) is 0 Å². The Morgan fingerprint density at radius 3 is 2.05 bits per heavy atom. The number of Topliss-reactive ketones (excluding diaryl/α,β-unsaturated/α-hetero) is 1. The summed E-state index contributed by atoms with van der Waals surface area (Å²) in [5, 5.41) is 0. The van der Waals surface area contributed by atoms with Crippen molar-refractivity contribution < 1.29 is 9.59 Å². The zero-order valence-electron chi connectivity index (χ0n) is 13.8. The highest BCUT2D eigenvalue weighted by atomic mass is 32.1. The molecular weight excluding hydrogens is 282 g/mol. The first-order valence-electron chi connectivity index (χ1n) is 7.67. The van der Waals surface area contributed by atoms with Crippen molar-refractivity contribution in [1.82, 2.24) is 4.90 Å². The van der Waals surface area contributed by atoms with Gasteiger partial charge in [-0.1, -0.05) is 27.7 Å². The number of hydrogen-bond acceptors (Lipinski definition) is 3. The molecule has 0 aromatic carbocycles. The van der Waals surface area contributed by atoms with Gasteiger partial charge in [0.1, 0.15) is 0 Å². The van der Waals surface area contributed by atoms with E-state index >= 15 is 0 Å². The minimum atomic E-state index is 0.0792. The predicted octanol–water partition coefficient (Wildman–Crippen LogP) is 4.16. The van der Waals surface area contributed by atoms with Crippen molar-refractivity contribution in [3.63, 3.8) is 0 Å². The molecule has 0 radical (unpaired) electrons. The lowest BCUT2D eigenvalue weighted by Crippen LogP contribution is -2.37. The lowest BCUT2D eigenvalue weighted by atomic mass is 10.1. The quantitative estimate of drug-likeness (QED) is 0.676. The van der Waals surface area contributed by atoms with E-state index in [1.54, 1.807) is 0 Å². The maximum absolute atomic E-state index is 12.3. The van der Waals surface area contributed by atoms with Gasteiger partial charge in [0.05, 0.1) is 4.88 Å². The van der Waals surface area contributed by atoms with Crippen LogP contribution in [0.15, 0.2) is 12.1 Å². The average molecular weight is 309 g/mol. The standard InChI is InChI=1S/C17H27NO2S/c1-12(2)10-18(11-13(3)4)17(20)9-7-15(19)16-8-6-14(5)21-16/h6,8,12-13H,7,9-11H2,1-5H3. The topological polar surface area (TPSA) is 37.4 Å². The molecule has 0 fully saturated rings. The average Bonchev–Trinajstić information content (AvgIpc) is 2.80. The van der Waals surface area contributed by atoms with Crippen molar-refractivity contribution in [3.8, 4) is 0 Å². The van der Waals surface area contributed by atoms with Crippen molar-refractivity contribution in [2.75, 3.05) is 13.1 Å². The van der Waals surface area contributed by atoms with Crippen molar-refractivity contribution in [2.24, 2.45) is 11.8 Å². The van der Waals surface area contributed by atoms with Gasteiger partial charge in [0.15, 0.2) is 5.78 Å². The van der Waals surface area contributed by atoms with E-state index in [1.807, 2.05) is 24.0 Å². The number of carbonyl (C=O) groups excluding carboxylic acids is 2. The lowest BCUT2D eigenvalue weighted by molar-refractivity contribution is -0.132. The number of ketones is 1. The van der Waals surface area contributed by atoms with Crippen LogP contribution >= 0.6 is 11.3 Å². The van der Waals surface area contributed by atoms with E-state index in [0.717, 1.165) is 22.8 Å². The van der Waals surface area contributed by atoms with Gasteiger partial charge in [0.2, 0.25) is 5.91 Å². The van der Waals surface area contributed by atoms with Gasteiger partial charge in [-0.2, -0.15) is 0 Å². The van der Waals surface area contributed by atoms with Crippen LogP contribution in [0.4, 0.5) is 0 Å². The molecule has 0 aliphatic heterocycles. The monoisotopic (exact) mass is 309 g/mol. The van der Waals surface area contributed by atoms with Gasteiger partial charge in [0, 0.05) is 30.8 Å². The molecule has 21 heavy (non-hydrogen) atoms. The highest BCUT2D eigenvalue weighted by Gasteiger charge is 2.18. The van der Waals surface area contributed by atoms with Gasteiger partial charge in [0.25, 0.3) is 0 Å². The van der Waals surface area contributed by atoms with Gasteiger partial charge < -0.3 is 4.90 Å². The Morgan fingerprint density at radius 1 is 1.05 bits per heavy atom. The third-order valence-electron chi connectivity index (χ3n) is 3.10. The Morgan fingerprint density at radius 2 is 1.62 bits per heavy atom. The van der Waals surface area contributed by atoms with Crippen LogP contribution in [-0.4, -0.2) is 29.7 Å². The van der Waals surface area contributed by atoms with E-state index < -0.39 is 0 Å². The minimum Gasteiger partial charge on any atom is -0.342 e. The molecule has 0 N–H and O–H groups in total. The van der Waals surface area contributed by atoms with Crippen LogP contribution in [0.5, 0.6) is 0 Å². The fourth-order valence-electron chi connectivity index (χ4n) is 2.25. The molecule has 0 aliphatic carbocycles. The Bertz CT molecular complexity index is 467. The molecule has 0 saturated heterocycles. The second kappa shape index (κ2) is 8.32. The summed E-state index contributed by atoms with van der Waals surface area (Å²) < 4.78 is 0. The van der Waals surface area contributed by atoms with Crippen LogP contribution in [0.25, 0.3) is 0 Å². The zero-order chi connectivity index (χ0) is 16.0. The maximum atomic E-state index is 12.3. The van der Waals surface area contributed by atoms with Crippen LogP contribution in [0.2, 0.25) is 0 Å². The van der Waals surface area contributed by atoms with Crippen molar-refractivity contribution in [2.45, 2.75) is 47.5 Å². The first-order valence-corrected chi connectivity index (χ1v) is 8.48. The van der Waals surface area contributed by atoms with Crippen LogP contribution < -0.4 is 0 Å². The van der Waals surface area contributed by atoms with Crippen LogP contribution in [0, 0.1) is 18.8 Å². The Balaban J connectivity index is 2.54. The van der Waals surface area contributed by atoms with E-state index in [0.29, 0.717) is 24.7 Å². The molecule has 0 atom stereocenters. The Kier molecular flexibility index (Phi) is 7.09. The second-order valence-corrected chi connectivity index (χ2v) is 7.71. The summed E-state index contributed by atoms with van der Waals surface area (Å²) in [5.41, 5.74) is 0. The highest BCUT2D eigenvalue weighted by Crippen LogP contribution is 2.18. The first-order chi connectivity index (χ1) is 9.79. The molecule has 0 spiro atoms. The largest absolute Gasteiger partial charge is 0.342 e. The molecule has 1 amide bonds. The molecule has 1 aromatic rings. The molecule has 118 valence electrons. The second-order valence-electron chi connectivity index (χ2n) is 6.42. The summed E-state index contributed by atoms with van der Waals surface area (Å²) in [7, 11) is 0.